The monoisotopic (exact) mass is 222 g/mol. The van der Waals surface area contributed by atoms with Crippen LogP contribution in [0.1, 0.15) is 5.56 Å². The molecule has 0 atom stereocenters. The van der Waals surface area contributed by atoms with E-state index in [1.165, 1.54) is 11.1 Å². The first-order chi connectivity index (χ1) is 5.77. The number of aromatic nitrogens is 1. The van der Waals surface area contributed by atoms with E-state index in [9.17, 15) is 0 Å². The molecule has 0 aliphatic carbocycles. The van der Waals surface area contributed by atoms with Crippen molar-refractivity contribution in [2.75, 3.05) is 0 Å². The van der Waals surface area contributed by atoms with Gasteiger partial charge in [-0.3, -0.25) is 0 Å². The van der Waals surface area contributed by atoms with E-state index in [0.717, 1.165) is 4.47 Å². The molecule has 0 N–H and O–H groups in total. The van der Waals surface area contributed by atoms with E-state index in [4.69, 9.17) is 0 Å². The Labute approximate surface area is 79.8 Å². The molecule has 0 spiro atoms. The second-order valence-electron chi connectivity index (χ2n) is 2.83. The number of fused-ring (bicyclic) bond motifs is 1. The van der Waals surface area contributed by atoms with Crippen molar-refractivity contribution < 1.29 is 4.40 Å². The van der Waals surface area contributed by atoms with Crippen LogP contribution in [0.25, 0.3) is 5.52 Å². The molecule has 0 saturated carbocycles. The van der Waals surface area contributed by atoms with Crippen LogP contribution in [0.4, 0.5) is 0 Å². The summed E-state index contributed by atoms with van der Waals surface area (Å²) in [7, 11) is 0. The maximum atomic E-state index is 3.46. The highest BCUT2D eigenvalue weighted by molar-refractivity contribution is 9.10. The van der Waals surface area contributed by atoms with Gasteiger partial charge in [0.05, 0.1) is 4.47 Å². The molecule has 12 heavy (non-hydrogen) atoms. The molecule has 2 heterocycles. The van der Waals surface area contributed by atoms with E-state index in [1.54, 1.807) is 0 Å². The van der Waals surface area contributed by atoms with Gasteiger partial charge < -0.3 is 0 Å². The Bertz CT molecular complexity index is 423. The molecule has 0 amide bonds. The maximum absolute atomic E-state index is 3.46. The van der Waals surface area contributed by atoms with Crippen molar-refractivity contribution in [3.63, 3.8) is 0 Å². The van der Waals surface area contributed by atoms with Crippen LogP contribution in [0.3, 0.4) is 0 Å². The van der Waals surface area contributed by atoms with Gasteiger partial charge in [0.25, 0.3) is 0 Å². The van der Waals surface area contributed by atoms with Crippen molar-refractivity contribution in [3.8, 4) is 0 Å². The number of rotatable bonds is 0. The Hall–Kier alpha value is -0.890. The first kappa shape index (κ1) is 7.74. The average molecular weight is 223 g/mol. The molecule has 0 saturated heterocycles. The van der Waals surface area contributed by atoms with Gasteiger partial charge in [-0.1, -0.05) is 0 Å². The summed E-state index contributed by atoms with van der Waals surface area (Å²) >= 11 is 3.46. The fourth-order valence-electron chi connectivity index (χ4n) is 1.35. The minimum absolute atomic E-state index is 1.11. The number of pyridine rings is 2. The van der Waals surface area contributed by atoms with Gasteiger partial charge >= 0.3 is 0 Å². The van der Waals surface area contributed by atoms with Crippen molar-refractivity contribution >= 4 is 21.4 Å². The molecule has 0 aliphatic heterocycles. The normalized spacial score (nSPS) is 10.5. The summed E-state index contributed by atoms with van der Waals surface area (Å²) in [6, 6.07) is 8.31. The first-order valence-corrected chi connectivity index (χ1v) is 4.63. The third-order valence-corrected chi connectivity index (χ3v) is 2.34. The standard InChI is InChI=1S/C10H9BrN/c1-8-6-9(11)7-12-5-3-2-4-10(8)12/h2-7H,1H3/q+1. The highest BCUT2D eigenvalue weighted by Gasteiger charge is 2.04. The van der Waals surface area contributed by atoms with Gasteiger partial charge in [-0.2, -0.15) is 4.40 Å². The fourth-order valence-corrected chi connectivity index (χ4v) is 1.92. The van der Waals surface area contributed by atoms with E-state index in [-0.39, 0.29) is 0 Å². The number of aryl methyl sites for hydroxylation is 1. The van der Waals surface area contributed by atoms with Gasteiger partial charge in [-0.15, -0.1) is 0 Å². The van der Waals surface area contributed by atoms with Crippen LogP contribution in [-0.2, 0) is 0 Å². The summed E-state index contributed by atoms with van der Waals surface area (Å²) < 4.78 is 3.23. The molecule has 0 aliphatic rings. The van der Waals surface area contributed by atoms with Gasteiger partial charge in [0.2, 0.25) is 5.52 Å². The molecule has 60 valence electrons. The van der Waals surface area contributed by atoms with Gasteiger partial charge in [0, 0.05) is 17.7 Å². The van der Waals surface area contributed by atoms with Gasteiger partial charge in [0.15, 0.2) is 12.4 Å². The number of halogens is 1. The van der Waals surface area contributed by atoms with Crippen molar-refractivity contribution in [1.29, 1.82) is 0 Å². The lowest BCUT2D eigenvalue weighted by Crippen LogP contribution is -2.21. The molecule has 1 nitrogen and oxygen atoms in total. The topological polar surface area (TPSA) is 4.10 Å². The van der Waals surface area contributed by atoms with E-state index in [2.05, 4.69) is 51.7 Å². The minimum Gasteiger partial charge on any atom is -0.166 e. The largest absolute Gasteiger partial charge is 0.213 e. The van der Waals surface area contributed by atoms with E-state index in [1.807, 2.05) is 12.3 Å². The van der Waals surface area contributed by atoms with Crippen LogP contribution >= 0.6 is 15.9 Å². The van der Waals surface area contributed by atoms with Gasteiger partial charge in [0.1, 0.15) is 0 Å². The Kier molecular flexibility index (Phi) is 1.85. The summed E-state index contributed by atoms with van der Waals surface area (Å²) in [6.07, 6.45) is 4.11. The molecule has 2 aromatic heterocycles. The van der Waals surface area contributed by atoms with Crippen LogP contribution in [-0.4, -0.2) is 0 Å². The zero-order valence-electron chi connectivity index (χ0n) is 6.79. The smallest absolute Gasteiger partial charge is 0.166 e. The Morgan fingerprint density at radius 3 is 3.00 bits per heavy atom. The third kappa shape index (κ3) is 1.23. The van der Waals surface area contributed by atoms with E-state index < -0.39 is 0 Å². The van der Waals surface area contributed by atoms with Crippen molar-refractivity contribution in [2.45, 2.75) is 6.92 Å². The third-order valence-electron chi connectivity index (χ3n) is 1.91. The van der Waals surface area contributed by atoms with Crippen molar-refractivity contribution in [1.82, 2.24) is 0 Å². The zero-order valence-corrected chi connectivity index (χ0v) is 8.38. The first-order valence-electron chi connectivity index (χ1n) is 3.83. The summed E-state index contributed by atoms with van der Waals surface area (Å²) in [6.45, 7) is 2.11. The quantitative estimate of drug-likeness (QED) is 0.604. The molecular weight excluding hydrogens is 214 g/mol. The Morgan fingerprint density at radius 2 is 2.17 bits per heavy atom. The molecule has 2 aromatic rings. The number of hydrogen-bond donors (Lipinski definition) is 0. The summed E-state index contributed by atoms with van der Waals surface area (Å²) in [5, 5.41) is 0. The molecule has 0 radical (unpaired) electrons. The molecule has 0 unspecified atom stereocenters. The van der Waals surface area contributed by atoms with Crippen molar-refractivity contribution in [2.24, 2.45) is 0 Å². The number of nitrogens with zero attached hydrogens (tertiary/aromatic N) is 1. The minimum atomic E-state index is 1.11. The van der Waals surface area contributed by atoms with Gasteiger partial charge in [-0.05, 0) is 35.0 Å². The highest BCUT2D eigenvalue weighted by atomic mass is 79.9. The summed E-state index contributed by atoms with van der Waals surface area (Å²) in [5.74, 6) is 0. The van der Waals surface area contributed by atoms with Crippen LogP contribution < -0.4 is 4.40 Å². The van der Waals surface area contributed by atoms with Crippen molar-refractivity contribution in [3.05, 3.63) is 46.7 Å². The van der Waals surface area contributed by atoms with E-state index >= 15 is 0 Å². The lowest BCUT2D eigenvalue weighted by Gasteiger charge is -1.94. The predicted molar refractivity (Wildman–Crippen MR) is 52.0 cm³/mol. The Balaban J connectivity index is 2.89. The number of hydrogen-bond acceptors (Lipinski definition) is 0. The fraction of sp³-hybridized carbons (Fsp3) is 0.100. The molecule has 2 heteroatoms. The molecule has 2 rings (SSSR count). The average Bonchev–Trinajstić information content (AvgIpc) is 2.04. The highest BCUT2D eigenvalue weighted by Crippen LogP contribution is 2.11. The van der Waals surface area contributed by atoms with E-state index in [0.29, 0.717) is 0 Å². The van der Waals surface area contributed by atoms with Crippen LogP contribution in [0.15, 0.2) is 41.1 Å². The maximum Gasteiger partial charge on any atom is 0.213 e. The van der Waals surface area contributed by atoms with Gasteiger partial charge in [-0.25, -0.2) is 0 Å². The predicted octanol–water partition coefficient (Wildman–Crippen LogP) is 2.50. The SMILES string of the molecule is Cc1cc(Br)c[n+]2ccccc12. The van der Waals surface area contributed by atoms with Crippen LogP contribution in [0, 0.1) is 6.92 Å². The molecule has 0 aromatic carbocycles. The molecule has 0 bridgehead atoms. The molecular formula is C10H9BrN+. The second kappa shape index (κ2) is 2.87. The zero-order chi connectivity index (χ0) is 8.55. The molecule has 0 fully saturated rings. The Morgan fingerprint density at radius 1 is 1.33 bits per heavy atom. The lowest BCUT2D eigenvalue weighted by molar-refractivity contribution is -0.512. The lowest BCUT2D eigenvalue weighted by atomic mass is 10.2. The van der Waals surface area contributed by atoms with Crippen LogP contribution in [0.2, 0.25) is 0 Å². The summed E-state index contributed by atoms with van der Waals surface area (Å²) in [5.41, 5.74) is 2.53. The summed E-state index contributed by atoms with van der Waals surface area (Å²) in [4.78, 5) is 0. The second-order valence-corrected chi connectivity index (χ2v) is 3.75. The van der Waals surface area contributed by atoms with Crippen LogP contribution in [0.5, 0.6) is 0 Å².